The molecule has 1 fully saturated rings. The Labute approximate surface area is 174 Å². The number of carbonyl (C=O) groups excluding carboxylic acids is 1. The van der Waals surface area contributed by atoms with Crippen molar-refractivity contribution in [1.29, 1.82) is 0 Å². The second kappa shape index (κ2) is 8.31. The van der Waals surface area contributed by atoms with Gasteiger partial charge in [-0.25, -0.2) is 15.0 Å². The van der Waals surface area contributed by atoms with Crippen molar-refractivity contribution in [3.8, 4) is 0 Å². The van der Waals surface area contributed by atoms with Crippen molar-refractivity contribution in [2.75, 3.05) is 31.2 Å². The predicted octanol–water partition coefficient (Wildman–Crippen LogP) is 3.06. The highest BCUT2D eigenvalue weighted by molar-refractivity contribution is 6.30. The van der Waals surface area contributed by atoms with Crippen molar-refractivity contribution in [3.63, 3.8) is 0 Å². The molecule has 1 amide bonds. The first-order valence-electron chi connectivity index (χ1n) is 9.52. The normalized spacial score (nSPS) is 14.2. The molecule has 0 atom stereocenters. The van der Waals surface area contributed by atoms with Crippen LogP contribution in [0, 0.1) is 13.8 Å². The highest BCUT2D eigenvalue weighted by Gasteiger charge is 2.22. The Balaban J connectivity index is 1.69. The van der Waals surface area contributed by atoms with Crippen LogP contribution in [-0.4, -0.2) is 47.2 Å². The zero-order chi connectivity index (χ0) is 20.4. The van der Waals surface area contributed by atoms with E-state index in [2.05, 4.69) is 25.2 Å². The average Bonchev–Trinajstić information content (AvgIpc) is 2.71. The predicted molar refractivity (Wildman–Crippen MR) is 112 cm³/mol. The van der Waals surface area contributed by atoms with E-state index in [9.17, 15) is 4.79 Å². The molecule has 3 aromatic rings. The van der Waals surface area contributed by atoms with E-state index in [1.54, 1.807) is 6.07 Å². The fourth-order valence-electron chi connectivity index (χ4n) is 3.47. The molecule has 8 heteroatoms. The number of halogens is 1. The Kier molecular flexibility index (Phi) is 5.60. The molecule has 3 heterocycles. The van der Waals surface area contributed by atoms with Crippen LogP contribution in [0.25, 0.3) is 11.0 Å². The fourth-order valence-corrected chi connectivity index (χ4v) is 3.68. The van der Waals surface area contributed by atoms with Crippen molar-refractivity contribution in [2.24, 2.45) is 0 Å². The molecular formula is C21H22ClN5O2. The van der Waals surface area contributed by atoms with E-state index in [1.165, 1.54) is 0 Å². The number of hydrogen-bond acceptors (Lipinski definition) is 6. The molecule has 0 spiro atoms. The summed E-state index contributed by atoms with van der Waals surface area (Å²) in [6.07, 6.45) is 0. The van der Waals surface area contributed by atoms with Gasteiger partial charge < -0.3 is 15.0 Å². The summed E-state index contributed by atoms with van der Waals surface area (Å²) in [7, 11) is 0. The molecule has 7 nitrogen and oxygen atoms in total. The number of fused-ring (bicyclic) bond motifs is 1. The summed E-state index contributed by atoms with van der Waals surface area (Å²) in [5, 5.41) is 4.38. The third-order valence-electron chi connectivity index (χ3n) is 4.83. The Bertz CT molecular complexity index is 1070. The Morgan fingerprint density at radius 3 is 2.72 bits per heavy atom. The largest absolute Gasteiger partial charge is 0.378 e. The van der Waals surface area contributed by atoms with E-state index in [1.807, 2.05) is 38.1 Å². The first-order chi connectivity index (χ1) is 14.0. The first kappa shape index (κ1) is 19.5. The van der Waals surface area contributed by atoms with Gasteiger partial charge in [0.25, 0.3) is 5.91 Å². The zero-order valence-corrected chi connectivity index (χ0v) is 17.2. The van der Waals surface area contributed by atoms with E-state index in [0.29, 0.717) is 43.5 Å². The lowest BCUT2D eigenvalue weighted by Crippen LogP contribution is -2.37. The maximum absolute atomic E-state index is 12.8. The van der Waals surface area contributed by atoms with Crippen LogP contribution in [0.2, 0.25) is 5.02 Å². The third-order valence-corrected chi connectivity index (χ3v) is 5.06. The van der Waals surface area contributed by atoms with Crippen molar-refractivity contribution in [3.05, 3.63) is 58.0 Å². The maximum Gasteiger partial charge on any atom is 0.289 e. The summed E-state index contributed by atoms with van der Waals surface area (Å²) in [5.74, 6) is 0.497. The monoisotopic (exact) mass is 411 g/mol. The number of aryl methyl sites for hydroxylation is 2. The Hall–Kier alpha value is -2.77. The van der Waals surface area contributed by atoms with Crippen LogP contribution >= 0.6 is 11.6 Å². The minimum atomic E-state index is -0.345. The van der Waals surface area contributed by atoms with Gasteiger partial charge in [0.15, 0.2) is 5.65 Å². The summed E-state index contributed by atoms with van der Waals surface area (Å²) in [6, 6.07) is 9.37. The van der Waals surface area contributed by atoms with Gasteiger partial charge in [-0.2, -0.15) is 0 Å². The number of anilines is 1. The van der Waals surface area contributed by atoms with Crippen LogP contribution in [-0.2, 0) is 11.3 Å². The van der Waals surface area contributed by atoms with E-state index >= 15 is 0 Å². The minimum Gasteiger partial charge on any atom is -0.378 e. The maximum atomic E-state index is 12.8. The van der Waals surface area contributed by atoms with Crippen LogP contribution in [0.5, 0.6) is 0 Å². The molecule has 0 unspecified atom stereocenters. The molecule has 150 valence electrons. The van der Waals surface area contributed by atoms with Gasteiger partial charge in [0.2, 0.25) is 5.82 Å². The van der Waals surface area contributed by atoms with Crippen molar-refractivity contribution in [2.45, 2.75) is 20.4 Å². The van der Waals surface area contributed by atoms with E-state index in [4.69, 9.17) is 16.3 Å². The van der Waals surface area contributed by atoms with Gasteiger partial charge in [-0.3, -0.25) is 4.79 Å². The van der Waals surface area contributed by atoms with Crippen molar-refractivity contribution >= 4 is 34.4 Å². The molecule has 1 saturated heterocycles. The Morgan fingerprint density at radius 2 is 1.97 bits per heavy atom. The molecule has 0 radical (unpaired) electrons. The molecule has 1 N–H and O–H groups in total. The number of nitrogens with one attached hydrogen (secondary N) is 1. The highest BCUT2D eigenvalue weighted by Crippen LogP contribution is 2.27. The van der Waals surface area contributed by atoms with Crippen molar-refractivity contribution < 1.29 is 9.53 Å². The van der Waals surface area contributed by atoms with Gasteiger partial charge in [0.1, 0.15) is 5.82 Å². The minimum absolute atomic E-state index is 0.110. The van der Waals surface area contributed by atoms with Crippen LogP contribution in [0.4, 0.5) is 5.82 Å². The van der Waals surface area contributed by atoms with Crippen LogP contribution in [0.3, 0.4) is 0 Å². The van der Waals surface area contributed by atoms with Gasteiger partial charge in [-0.05, 0) is 43.2 Å². The molecule has 1 aliphatic heterocycles. The number of morpholine rings is 1. The third kappa shape index (κ3) is 4.31. The van der Waals surface area contributed by atoms with E-state index < -0.39 is 0 Å². The van der Waals surface area contributed by atoms with Gasteiger partial charge in [0, 0.05) is 30.4 Å². The van der Waals surface area contributed by atoms with Gasteiger partial charge in [-0.1, -0.05) is 23.7 Å². The second-order valence-electron chi connectivity index (χ2n) is 7.06. The average molecular weight is 412 g/mol. The Morgan fingerprint density at radius 1 is 1.17 bits per heavy atom. The fraction of sp³-hybridized carbons (Fsp3) is 0.333. The smallest absolute Gasteiger partial charge is 0.289 e. The number of pyridine rings is 1. The van der Waals surface area contributed by atoms with Crippen LogP contribution in [0.1, 0.15) is 27.4 Å². The number of aromatic nitrogens is 3. The van der Waals surface area contributed by atoms with Crippen molar-refractivity contribution in [1.82, 2.24) is 20.3 Å². The lowest BCUT2D eigenvalue weighted by molar-refractivity contribution is 0.0940. The molecule has 4 rings (SSSR count). The quantitative estimate of drug-likeness (QED) is 0.710. The molecule has 1 aromatic carbocycles. The molecule has 29 heavy (non-hydrogen) atoms. The molecule has 1 aliphatic rings. The van der Waals surface area contributed by atoms with Gasteiger partial charge in [0.05, 0.1) is 18.6 Å². The summed E-state index contributed by atoms with van der Waals surface area (Å²) in [5.41, 5.74) is 3.34. The van der Waals surface area contributed by atoms with E-state index in [-0.39, 0.29) is 11.7 Å². The van der Waals surface area contributed by atoms with Gasteiger partial charge >= 0.3 is 0 Å². The molecule has 0 saturated carbocycles. The second-order valence-corrected chi connectivity index (χ2v) is 7.50. The summed E-state index contributed by atoms with van der Waals surface area (Å²) < 4.78 is 5.47. The standard InChI is InChI=1S/C21H22ClN5O2/c1-13-10-14(2)24-18-17(13)20(27-6-8-29-9-7-27)26-19(25-18)21(28)23-12-15-4-3-5-16(22)11-15/h3-5,10-11H,6-9,12H2,1-2H3,(H,23,28). The molecule has 0 bridgehead atoms. The lowest BCUT2D eigenvalue weighted by atomic mass is 10.1. The summed E-state index contributed by atoms with van der Waals surface area (Å²) >= 11 is 6.02. The first-order valence-corrected chi connectivity index (χ1v) is 9.90. The number of nitrogens with zero attached hydrogens (tertiary/aromatic N) is 4. The zero-order valence-electron chi connectivity index (χ0n) is 16.4. The van der Waals surface area contributed by atoms with Crippen LogP contribution in [0.15, 0.2) is 30.3 Å². The topological polar surface area (TPSA) is 80.2 Å². The summed E-state index contributed by atoms with van der Waals surface area (Å²) in [6.45, 7) is 6.95. The number of ether oxygens (including phenoxy) is 1. The van der Waals surface area contributed by atoms with E-state index in [0.717, 1.165) is 28.0 Å². The number of rotatable bonds is 4. The number of amides is 1. The number of hydrogen-bond donors (Lipinski definition) is 1. The molecule has 0 aliphatic carbocycles. The van der Waals surface area contributed by atoms with Gasteiger partial charge in [-0.15, -0.1) is 0 Å². The molecular weight excluding hydrogens is 390 g/mol. The molecule has 2 aromatic heterocycles. The highest BCUT2D eigenvalue weighted by atomic mass is 35.5. The summed E-state index contributed by atoms with van der Waals surface area (Å²) in [4.78, 5) is 28.6. The number of benzene rings is 1. The SMILES string of the molecule is Cc1cc(C)c2c(N3CCOCC3)nc(C(=O)NCc3cccc(Cl)c3)nc2n1. The lowest BCUT2D eigenvalue weighted by Gasteiger charge is -2.29. The van der Waals surface area contributed by atoms with Crippen LogP contribution < -0.4 is 10.2 Å². The number of carbonyl (C=O) groups is 1.